The van der Waals surface area contributed by atoms with Crippen LogP contribution in [0.4, 0.5) is 11.6 Å². The number of hydrogen-bond donors (Lipinski definition) is 2. The van der Waals surface area contributed by atoms with E-state index in [4.69, 9.17) is 30.5 Å². The van der Waals surface area contributed by atoms with Gasteiger partial charge in [0.15, 0.2) is 11.5 Å². The molecule has 0 bridgehead atoms. The van der Waals surface area contributed by atoms with Gasteiger partial charge in [-0.1, -0.05) is 11.6 Å². The maximum atomic E-state index is 6.44. The molecule has 0 aliphatic carbocycles. The SMILES string of the molecule is COc1cc2ncnc(Oc3ccc4nc(Nc5ccc(Cl)c(OCC6CCN(C)CC6)c5)[nH]c4c3)c2cc1OC. The van der Waals surface area contributed by atoms with Gasteiger partial charge in [0.05, 0.1) is 47.8 Å². The summed E-state index contributed by atoms with van der Waals surface area (Å²) in [4.78, 5) is 19.0. The van der Waals surface area contributed by atoms with Gasteiger partial charge in [-0.3, -0.25) is 0 Å². The molecule has 3 aromatic carbocycles. The van der Waals surface area contributed by atoms with Crippen LogP contribution in [-0.4, -0.2) is 65.8 Å². The Morgan fingerprint density at radius 2 is 1.76 bits per heavy atom. The number of aromatic amines is 1. The molecule has 2 aromatic heterocycles. The third-order valence-electron chi connectivity index (χ3n) is 7.28. The van der Waals surface area contributed by atoms with E-state index in [0.29, 0.717) is 63.3 Å². The van der Waals surface area contributed by atoms with E-state index in [0.717, 1.165) is 42.7 Å². The molecule has 0 spiro atoms. The van der Waals surface area contributed by atoms with Crippen LogP contribution >= 0.6 is 11.6 Å². The summed E-state index contributed by atoms with van der Waals surface area (Å²) in [6.45, 7) is 2.86. The van der Waals surface area contributed by atoms with Crippen LogP contribution in [0, 0.1) is 5.92 Å². The quantitative estimate of drug-likeness (QED) is 0.206. The third-order valence-corrected chi connectivity index (χ3v) is 7.59. The van der Waals surface area contributed by atoms with Crippen LogP contribution in [0.25, 0.3) is 21.9 Å². The molecule has 0 unspecified atom stereocenters. The number of aromatic nitrogens is 4. The van der Waals surface area contributed by atoms with Gasteiger partial charge in [0.25, 0.3) is 0 Å². The summed E-state index contributed by atoms with van der Waals surface area (Å²) in [7, 11) is 5.33. The van der Waals surface area contributed by atoms with Crippen molar-refractivity contribution in [3.8, 4) is 28.9 Å². The average molecular weight is 575 g/mol. The maximum absolute atomic E-state index is 6.44. The summed E-state index contributed by atoms with van der Waals surface area (Å²) in [5.74, 6) is 3.94. The van der Waals surface area contributed by atoms with Crippen molar-refractivity contribution in [3.05, 3.63) is 59.9 Å². The van der Waals surface area contributed by atoms with E-state index in [1.807, 2.05) is 36.4 Å². The number of ether oxygens (including phenoxy) is 4. The molecule has 6 rings (SSSR count). The van der Waals surface area contributed by atoms with E-state index in [1.54, 1.807) is 26.4 Å². The smallest absolute Gasteiger partial charge is 0.230 e. The maximum Gasteiger partial charge on any atom is 0.230 e. The van der Waals surface area contributed by atoms with Gasteiger partial charge in [0.1, 0.15) is 17.8 Å². The zero-order chi connectivity index (χ0) is 28.3. The Bertz CT molecular complexity index is 1690. The molecule has 11 heteroatoms. The number of likely N-dealkylation sites (tertiary alicyclic amines) is 1. The lowest BCUT2D eigenvalue weighted by molar-refractivity contribution is 0.160. The second-order valence-corrected chi connectivity index (χ2v) is 10.5. The van der Waals surface area contributed by atoms with Crippen LogP contribution in [0.2, 0.25) is 5.02 Å². The number of halogens is 1. The Morgan fingerprint density at radius 1 is 0.951 bits per heavy atom. The van der Waals surface area contributed by atoms with E-state index in [-0.39, 0.29) is 0 Å². The molecule has 0 radical (unpaired) electrons. The molecule has 1 aliphatic rings. The van der Waals surface area contributed by atoms with Crippen LogP contribution in [0.1, 0.15) is 12.8 Å². The number of piperidine rings is 1. The van der Waals surface area contributed by atoms with Gasteiger partial charge in [-0.05, 0) is 69.2 Å². The molecular formula is C30H31ClN6O4. The predicted molar refractivity (Wildman–Crippen MR) is 159 cm³/mol. The van der Waals surface area contributed by atoms with Crippen molar-refractivity contribution >= 4 is 45.2 Å². The number of methoxy groups -OCH3 is 2. The molecule has 5 aromatic rings. The van der Waals surface area contributed by atoms with E-state index >= 15 is 0 Å². The Hall–Kier alpha value is -4.28. The number of nitrogens with zero attached hydrogens (tertiary/aromatic N) is 4. The molecule has 1 saturated heterocycles. The van der Waals surface area contributed by atoms with E-state index in [9.17, 15) is 0 Å². The van der Waals surface area contributed by atoms with Crippen molar-refractivity contribution in [1.29, 1.82) is 0 Å². The number of rotatable bonds is 9. The second-order valence-electron chi connectivity index (χ2n) is 10.1. The summed E-state index contributed by atoms with van der Waals surface area (Å²) in [5, 5.41) is 4.61. The minimum atomic E-state index is 0.405. The lowest BCUT2D eigenvalue weighted by Crippen LogP contribution is -2.32. The predicted octanol–water partition coefficient (Wildman–Crippen LogP) is 6.43. The number of benzene rings is 3. The highest BCUT2D eigenvalue weighted by Crippen LogP contribution is 2.36. The standard InChI is InChI=1S/C30H31ClN6O4/c1-37-10-8-18(9-11-37)16-40-26-12-19(4-6-22(26)31)34-30-35-23-7-5-20(13-25(23)36-30)41-29-21-14-27(38-2)28(39-3)15-24(21)32-17-33-29/h4-7,12-15,17-18H,8-11,16H2,1-3H3,(H2,34,35,36). The Labute approximate surface area is 242 Å². The van der Waals surface area contributed by atoms with Gasteiger partial charge in [-0.2, -0.15) is 0 Å². The number of imidazole rings is 1. The highest BCUT2D eigenvalue weighted by atomic mass is 35.5. The fraction of sp³-hybridized carbons (Fsp3) is 0.300. The second kappa shape index (κ2) is 11.7. The Morgan fingerprint density at radius 3 is 2.56 bits per heavy atom. The van der Waals surface area contributed by atoms with Crippen LogP contribution in [-0.2, 0) is 0 Å². The summed E-state index contributed by atoms with van der Waals surface area (Å²) < 4.78 is 23.1. The first-order valence-electron chi connectivity index (χ1n) is 13.4. The zero-order valence-corrected chi connectivity index (χ0v) is 23.9. The first-order valence-corrected chi connectivity index (χ1v) is 13.8. The molecule has 10 nitrogen and oxygen atoms in total. The minimum Gasteiger partial charge on any atom is -0.493 e. The van der Waals surface area contributed by atoms with Crippen LogP contribution in [0.3, 0.4) is 0 Å². The lowest BCUT2D eigenvalue weighted by Gasteiger charge is -2.28. The molecule has 1 fully saturated rings. The molecular weight excluding hydrogens is 544 g/mol. The Balaban J connectivity index is 1.18. The lowest BCUT2D eigenvalue weighted by atomic mass is 9.98. The summed E-state index contributed by atoms with van der Waals surface area (Å²) in [5.41, 5.74) is 3.08. The van der Waals surface area contributed by atoms with Crippen LogP contribution in [0.5, 0.6) is 28.9 Å². The van der Waals surface area contributed by atoms with E-state index < -0.39 is 0 Å². The first kappa shape index (κ1) is 26.9. The fourth-order valence-electron chi connectivity index (χ4n) is 4.93. The zero-order valence-electron chi connectivity index (χ0n) is 23.1. The fourth-order valence-corrected chi connectivity index (χ4v) is 5.10. The largest absolute Gasteiger partial charge is 0.493 e. The van der Waals surface area contributed by atoms with E-state index in [2.05, 4.69) is 37.2 Å². The first-order chi connectivity index (χ1) is 20.0. The molecule has 0 atom stereocenters. The van der Waals surface area contributed by atoms with Crippen LogP contribution < -0.4 is 24.3 Å². The van der Waals surface area contributed by atoms with Gasteiger partial charge in [-0.15, -0.1) is 0 Å². The van der Waals surface area contributed by atoms with Crippen molar-refractivity contribution in [2.75, 3.05) is 46.3 Å². The number of hydrogen-bond acceptors (Lipinski definition) is 9. The summed E-state index contributed by atoms with van der Waals surface area (Å²) in [6.07, 6.45) is 3.72. The van der Waals surface area contributed by atoms with Gasteiger partial charge < -0.3 is 34.1 Å². The van der Waals surface area contributed by atoms with Gasteiger partial charge in [0.2, 0.25) is 11.8 Å². The summed E-state index contributed by atoms with van der Waals surface area (Å²) >= 11 is 6.44. The van der Waals surface area contributed by atoms with Gasteiger partial charge in [-0.25, -0.2) is 15.0 Å². The molecule has 3 heterocycles. The molecule has 0 saturated carbocycles. The highest BCUT2D eigenvalue weighted by molar-refractivity contribution is 6.32. The molecule has 1 aliphatic heterocycles. The molecule has 212 valence electrons. The normalized spacial score (nSPS) is 14.3. The number of nitrogens with one attached hydrogen (secondary N) is 2. The minimum absolute atomic E-state index is 0.405. The molecule has 0 amide bonds. The monoisotopic (exact) mass is 574 g/mol. The van der Waals surface area contributed by atoms with Crippen molar-refractivity contribution in [1.82, 2.24) is 24.8 Å². The number of anilines is 2. The highest BCUT2D eigenvalue weighted by Gasteiger charge is 2.18. The Kier molecular flexibility index (Phi) is 7.67. The van der Waals surface area contributed by atoms with Gasteiger partial charge >= 0.3 is 0 Å². The van der Waals surface area contributed by atoms with Crippen molar-refractivity contribution in [2.45, 2.75) is 12.8 Å². The van der Waals surface area contributed by atoms with Gasteiger partial charge in [0, 0.05) is 23.9 Å². The number of H-pyrrole nitrogens is 1. The van der Waals surface area contributed by atoms with E-state index in [1.165, 1.54) is 6.33 Å². The number of fused-ring (bicyclic) bond motifs is 2. The van der Waals surface area contributed by atoms with Crippen LogP contribution in [0.15, 0.2) is 54.9 Å². The van der Waals surface area contributed by atoms with Crippen molar-refractivity contribution < 1.29 is 18.9 Å². The topological polar surface area (TPSA) is 107 Å². The average Bonchev–Trinajstić information content (AvgIpc) is 3.39. The molecule has 2 N–H and O–H groups in total. The summed E-state index contributed by atoms with van der Waals surface area (Å²) in [6, 6.07) is 14.8. The van der Waals surface area contributed by atoms with Crippen molar-refractivity contribution in [2.24, 2.45) is 5.92 Å². The molecule has 41 heavy (non-hydrogen) atoms. The third kappa shape index (κ3) is 5.94. The van der Waals surface area contributed by atoms with Crippen molar-refractivity contribution in [3.63, 3.8) is 0 Å².